The summed E-state index contributed by atoms with van der Waals surface area (Å²) < 4.78 is 12.9. The second-order valence-corrected chi connectivity index (χ2v) is 3.48. The first-order valence-corrected chi connectivity index (χ1v) is 5.09. The van der Waals surface area contributed by atoms with Gasteiger partial charge in [-0.2, -0.15) is 0 Å². The van der Waals surface area contributed by atoms with E-state index >= 15 is 0 Å². The third kappa shape index (κ3) is 3.25. The molecule has 0 heterocycles. The molecule has 1 atom stereocenters. The smallest absolute Gasteiger partial charge is 0.123 e. The van der Waals surface area contributed by atoms with Gasteiger partial charge in [-0.15, -0.1) is 11.6 Å². The van der Waals surface area contributed by atoms with Crippen molar-refractivity contribution in [2.24, 2.45) is 5.84 Å². The summed E-state index contributed by atoms with van der Waals surface area (Å²) in [5, 5.41) is 0. The number of hydrogen-bond donors (Lipinski definition) is 2. The predicted octanol–water partition coefficient (Wildman–Crippen LogP) is 2.35. The van der Waals surface area contributed by atoms with Gasteiger partial charge in [-0.1, -0.05) is 12.1 Å². The number of hydrogen-bond acceptors (Lipinski definition) is 2. The Labute approximate surface area is 88.2 Å². The van der Waals surface area contributed by atoms with E-state index in [4.69, 9.17) is 17.4 Å². The number of nitrogens with one attached hydrogen (secondary N) is 1. The molecule has 1 aromatic rings. The van der Waals surface area contributed by atoms with E-state index in [2.05, 4.69) is 5.43 Å². The number of alkyl halides is 1. The van der Waals surface area contributed by atoms with Crippen molar-refractivity contribution in [2.45, 2.75) is 18.9 Å². The Hall–Kier alpha value is -0.640. The molecule has 0 saturated heterocycles. The fourth-order valence-corrected chi connectivity index (χ4v) is 1.51. The Morgan fingerprint density at radius 2 is 2.29 bits per heavy atom. The van der Waals surface area contributed by atoms with Crippen LogP contribution in [0.25, 0.3) is 0 Å². The summed E-state index contributed by atoms with van der Waals surface area (Å²) >= 11 is 5.58. The minimum absolute atomic E-state index is 0.0237. The van der Waals surface area contributed by atoms with Crippen molar-refractivity contribution in [1.82, 2.24) is 5.43 Å². The minimum atomic E-state index is -0.242. The molecule has 1 aromatic carbocycles. The Morgan fingerprint density at radius 3 is 2.86 bits per heavy atom. The first-order valence-electron chi connectivity index (χ1n) is 4.55. The maximum Gasteiger partial charge on any atom is 0.123 e. The largest absolute Gasteiger partial charge is 0.271 e. The van der Waals surface area contributed by atoms with Crippen LogP contribution >= 0.6 is 11.6 Å². The van der Waals surface area contributed by atoms with Crippen LogP contribution in [-0.2, 0) is 0 Å². The molecule has 0 aliphatic heterocycles. The molecule has 0 amide bonds. The zero-order valence-electron chi connectivity index (χ0n) is 7.84. The third-order valence-corrected chi connectivity index (χ3v) is 2.35. The predicted molar refractivity (Wildman–Crippen MR) is 56.4 cm³/mol. The van der Waals surface area contributed by atoms with E-state index < -0.39 is 0 Å². The molecular weight excluding hydrogens is 203 g/mol. The highest BCUT2D eigenvalue weighted by molar-refractivity contribution is 6.17. The molecular formula is C10H14ClFN2. The Morgan fingerprint density at radius 1 is 1.50 bits per heavy atom. The van der Waals surface area contributed by atoms with Crippen LogP contribution in [0.15, 0.2) is 24.3 Å². The Bertz CT molecular complexity index is 281. The minimum Gasteiger partial charge on any atom is -0.271 e. The van der Waals surface area contributed by atoms with E-state index in [-0.39, 0.29) is 11.9 Å². The molecule has 0 bridgehead atoms. The first-order chi connectivity index (χ1) is 6.77. The van der Waals surface area contributed by atoms with Gasteiger partial charge in [-0.25, -0.2) is 4.39 Å². The first kappa shape index (κ1) is 11.4. The molecule has 1 unspecified atom stereocenters. The monoisotopic (exact) mass is 216 g/mol. The average Bonchev–Trinajstić information content (AvgIpc) is 2.19. The highest BCUT2D eigenvalue weighted by Crippen LogP contribution is 2.18. The molecule has 0 aromatic heterocycles. The lowest BCUT2D eigenvalue weighted by Crippen LogP contribution is -2.28. The van der Waals surface area contributed by atoms with Crippen LogP contribution in [0.2, 0.25) is 0 Å². The molecule has 78 valence electrons. The molecule has 3 N–H and O–H groups in total. The number of hydrazine groups is 1. The summed E-state index contributed by atoms with van der Waals surface area (Å²) in [5.74, 6) is 5.73. The summed E-state index contributed by atoms with van der Waals surface area (Å²) in [6.07, 6.45) is 1.66. The molecule has 0 fully saturated rings. The second-order valence-electron chi connectivity index (χ2n) is 3.11. The van der Waals surface area contributed by atoms with Gasteiger partial charge in [0.1, 0.15) is 5.82 Å². The van der Waals surface area contributed by atoms with Crippen molar-refractivity contribution in [3.05, 3.63) is 35.6 Å². The van der Waals surface area contributed by atoms with Gasteiger partial charge in [-0.3, -0.25) is 11.3 Å². The van der Waals surface area contributed by atoms with Gasteiger partial charge in [0.2, 0.25) is 0 Å². The van der Waals surface area contributed by atoms with Crippen LogP contribution < -0.4 is 11.3 Å². The van der Waals surface area contributed by atoms with Gasteiger partial charge in [0.05, 0.1) is 0 Å². The van der Waals surface area contributed by atoms with E-state index in [0.29, 0.717) is 5.88 Å². The third-order valence-electron chi connectivity index (χ3n) is 2.08. The maximum atomic E-state index is 12.9. The van der Waals surface area contributed by atoms with Crippen molar-refractivity contribution < 1.29 is 4.39 Å². The molecule has 0 radical (unpaired) electrons. The standard InChI is InChI=1S/C10H14ClFN2/c11-6-2-5-10(14-13)8-3-1-4-9(12)7-8/h1,3-4,7,10,14H,2,5-6,13H2. The molecule has 0 aliphatic carbocycles. The summed E-state index contributed by atoms with van der Waals surface area (Å²) in [5.41, 5.74) is 3.51. The SMILES string of the molecule is NNC(CCCCl)c1cccc(F)c1. The summed E-state index contributed by atoms with van der Waals surface area (Å²) in [6.45, 7) is 0. The van der Waals surface area contributed by atoms with Crippen LogP contribution in [0, 0.1) is 5.82 Å². The molecule has 0 saturated carbocycles. The second kappa shape index (κ2) is 5.96. The van der Waals surface area contributed by atoms with Crippen LogP contribution in [0.3, 0.4) is 0 Å². The molecule has 4 heteroatoms. The van der Waals surface area contributed by atoms with Crippen LogP contribution in [0.4, 0.5) is 4.39 Å². The number of nitrogens with two attached hydrogens (primary N) is 1. The zero-order valence-corrected chi connectivity index (χ0v) is 8.60. The van der Waals surface area contributed by atoms with Gasteiger partial charge in [0.15, 0.2) is 0 Å². The van der Waals surface area contributed by atoms with Crippen LogP contribution in [0.5, 0.6) is 0 Å². The summed E-state index contributed by atoms with van der Waals surface area (Å²) in [6, 6.07) is 6.40. The highest BCUT2D eigenvalue weighted by atomic mass is 35.5. The molecule has 1 rings (SSSR count). The average molecular weight is 217 g/mol. The molecule has 0 spiro atoms. The number of benzene rings is 1. The Kier molecular flexibility index (Phi) is 4.87. The zero-order chi connectivity index (χ0) is 10.4. The van der Waals surface area contributed by atoms with E-state index in [9.17, 15) is 4.39 Å². The topological polar surface area (TPSA) is 38.0 Å². The lowest BCUT2D eigenvalue weighted by molar-refractivity contribution is 0.507. The van der Waals surface area contributed by atoms with Gasteiger partial charge in [0.25, 0.3) is 0 Å². The van der Waals surface area contributed by atoms with E-state index in [1.165, 1.54) is 12.1 Å². The summed E-state index contributed by atoms with van der Waals surface area (Å²) in [7, 11) is 0. The maximum absolute atomic E-state index is 12.9. The van der Waals surface area contributed by atoms with Crippen molar-refractivity contribution >= 4 is 11.6 Å². The van der Waals surface area contributed by atoms with E-state index in [1.54, 1.807) is 6.07 Å². The van der Waals surface area contributed by atoms with Crippen LogP contribution in [-0.4, -0.2) is 5.88 Å². The van der Waals surface area contributed by atoms with Gasteiger partial charge < -0.3 is 0 Å². The molecule has 2 nitrogen and oxygen atoms in total. The summed E-state index contributed by atoms with van der Waals surface area (Å²) in [4.78, 5) is 0. The van der Waals surface area contributed by atoms with Crippen molar-refractivity contribution in [3.8, 4) is 0 Å². The quantitative estimate of drug-likeness (QED) is 0.451. The van der Waals surface area contributed by atoms with Gasteiger partial charge in [-0.05, 0) is 30.5 Å². The molecule has 14 heavy (non-hydrogen) atoms. The lowest BCUT2D eigenvalue weighted by Gasteiger charge is -2.15. The van der Waals surface area contributed by atoms with Crippen molar-refractivity contribution in [3.63, 3.8) is 0 Å². The van der Waals surface area contributed by atoms with E-state index in [0.717, 1.165) is 18.4 Å². The highest BCUT2D eigenvalue weighted by Gasteiger charge is 2.09. The van der Waals surface area contributed by atoms with Crippen molar-refractivity contribution in [2.75, 3.05) is 5.88 Å². The fourth-order valence-electron chi connectivity index (χ4n) is 1.35. The lowest BCUT2D eigenvalue weighted by atomic mass is 10.0. The Balaban J connectivity index is 2.68. The normalized spacial score (nSPS) is 12.8. The van der Waals surface area contributed by atoms with Crippen molar-refractivity contribution in [1.29, 1.82) is 0 Å². The van der Waals surface area contributed by atoms with Gasteiger partial charge in [0, 0.05) is 11.9 Å². The van der Waals surface area contributed by atoms with Crippen LogP contribution in [0.1, 0.15) is 24.4 Å². The number of halogens is 2. The fraction of sp³-hybridized carbons (Fsp3) is 0.400. The molecule has 0 aliphatic rings. The van der Waals surface area contributed by atoms with Gasteiger partial charge >= 0.3 is 0 Å². The van der Waals surface area contributed by atoms with E-state index in [1.807, 2.05) is 6.07 Å². The number of rotatable bonds is 5.